The number of nitrogens with zero attached hydrogens (tertiary/aromatic N) is 4. The van der Waals surface area contributed by atoms with Gasteiger partial charge in [-0.25, -0.2) is 4.79 Å². The van der Waals surface area contributed by atoms with E-state index in [-0.39, 0.29) is 24.4 Å². The molecular formula is C17H14BrCl2N5O3. The summed E-state index contributed by atoms with van der Waals surface area (Å²) in [6.07, 6.45) is 4.45. The largest absolute Gasteiger partial charge is 0.478 e. The van der Waals surface area contributed by atoms with E-state index < -0.39 is 5.97 Å². The average molecular weight is 487 g/mol. The molecule has 1 aromatic carbocycles. The molecule has 3 aromatic rings. The van der Waals surface area contributed by atoms with Gasteiger partial charge in [0.25, 0.3) is 0 Å². The van der Waals surface area contributed by atoms with Crippen molar-refractivity contribution < 1.29 is 14.7 Å². The van der Waals surface area contributed by atoms with Crippen LogP contribution in [0.4, 0.5) is 5.82 Å². The van der Waals surface area contributed by atoms with Gasteiger partial charge in [-0.1, -0.05) is 29.3 Å². The number of carboxylic acids is 1. The zero-order valence-electron chi connectivity index (χ0n) is 14.3. The van der Waals surface area contributed by atoms with Crippen LogP contribution < -0.4 is 5.32 Å². The van der Waals surface area contributed by atoms with E-state index >= 15 is 0 Å². The van der Waals surface area contributed by atoms with Gasteiger partial charge >= 0.3 is 5.97 Å². The van der Waals surface area contributed by atoms with Gasteiger partial charge in [-0.3, -0.25) is 14.2 Å². The Labute approximate surface area is 178 Å². The van der Waals surface area contributed by atoms with Crippen molar-refractivity contribution in [2.45, 2.75) is 19.5 Å². The first-order valence-electron chi connectivity index (χ1n) is 8.04. The fourth-order valence-electron chi connectivity index (χ4n) is 2.39. The van der Waals surface area contributed by atoms with Crippen LogP contribution in [0.15, 0.2) is 41.3 Å². The van der Waals surface area contributed by atoms with Crippen LogP contribution >= 0.6 is 39.1 Å². The first kappa shape index (κ1) is 20.4. The predicted molar refractivity (Wildman–Crippen MR) is 108 cm³/mol. The number of aromatic nitrogens is 4. The number of carbonyl (C=O) groups is 2. The number of aryl methyl sites for hydroxylation is 1. The van der Waals surface area contributed by atoms with Gasteiger partial charge in [-0.15, -0.1) is 0 Å². The number of benzene rings is 1. The molecule has 0 aliphatic heterocycles. The van der Waals surface area contributed by atoms with Crippen LogP contribution in [0.1, 0.15) is 22.3 Å². The van der Waals surface area contributed by atoms with Gasteiger partial charge in [0.05, 0.1) is 22.8 Å². The van der Waals surface area contributed by atoms with E-state index in [1.807, 2.05) is 6.07 Å². The summed E-state index contributed by atoms with van der Waals surface area (Å²) in [5, 5.41) is 20.9. The fraction of sp³-hybridized carbons (Fsp3) is 0.176. The van der Waals surface area contributed by atoms with Gasteiger partial charge < -0.3 is 10.4 Å². The Bertz CT molecular complexity index is 1030. The average Bonchev–Trinajstić information content (AvgIpc) is 3.23. The molecule has 0 bridgehead atoms. The van der Waals surface area contributed by atoms with Crippen LogP contribution in [0.5, 0.6) is 0 Å². The molecule has 0 saturated carbocycles. The predicted octanol–water partition coefficient (Wildman–Crippen LogP) is 3.92. The third-order valence-electron chi connectivity index (χ3n) is 3.77. The molecule has 8 nitrogen and oxygen atoms in total. The minimum atomic E-state index is -1.06. The molecule has 2 heterocycles. The molecule has 0 aliphatic rings. The topological polar surface area (TPSA) is 102 Å². The molecule has 146 valence electrons. The summed E-state index contributed by atoms with van der Waals surface area (Å²) in [6, 6.07) is 5.22. The molecule has 0 atom stereocenters. The summed E-state index contributed by atoms with van der Waals surface area (Å²) < 4.78 is 3.67. The van der Waals surface area contributed by atoms with Gasteiger partial charge in [0, 0.05) is 35.4 Å². The number of hydrogen-bond acceptors (Lipinski definition) is 4. The molecule has 1 amide bonds. The van der Waals surface area contributed by atoms with E-state index in [4.69, 9.17) is 28.3 Å². The van der Waals surface area contributed by atoms with Gasteiger partial charge in [0.15, 0.2) is 5.82 Å². The molecule has 28 heavy (non-hydrogen) atoms. The number of aromatic carboxylic acids is 1. The monoisotopic (exact) mass is 485 g/mol. The Balaban J connectivity index is 1.59. The molecule has 11 heteroatoms. The third-order valence-corrected chi connectivity index (χ3v) is 4.94. The molecule has 2 aromatic heterocycles. The molecule has 0 radical (unpaired) electrons. The Kier molecular flexibility index (Phi) is 6.38. The van der Waals surface area contributed by atoms with Crippen LogP contribution in [0.25, 0.3) is 0 Å². The summed E-state index contributed by atoms with van der Waals surface area (Å²) in [6.45, 7) is 0.660. The number of halogens is 3. The molecular weight excluding hydrogens is 473 g/mol. The molecule has 0 unspecified atom stereocenters. The zero-order chi connectivity index (χ0) is 20.3. The number of hydrogen-bond donors (Lipinski definition) is 2. The second kappa shape index (κ2) is 8.76. The Morgan fingerprint density at radius 3 is 2.68 bits per heavy atom. The van der Waals surface area contributed by atoms with Crippen LogP contribution in [0, 0.1) is 0 Å². The van der Waals surface area contributed by atoms with Gasteiger partial charge in [-0.05, 0) is 33.6 Å². The van der Waals surface area contributed by atoms with Gasteiger partial charge in [0.1, 0.15) is 0 Å². The van der Waals surface area contributed by atoms with Crippen molar-refractivity contribution in [2.75, 3.05) is 5.32 Å². The molecule has 0 spiro atoms. The summed E-state index contributed by atoms with van der Waals surface area (Å²) in [7, 11) is 0. The summed E-state index contributed by atoms with van der Waals surface area (Å²) in [4.78, 5) is 23.0. The van der Waals surface area contributed by atoms with Gasteiger partial charge in [-0.2, -0.15) is 10.2 Å². The highest BCUT2D eigenvalue weighted by Gasteiger charge is 2.13. The smallest absolute Gasteiger partial charge is 0.338 e. The number of carboxylic acid groups (broad SMARTS) is 1. The van der Waals surface area contributed by atoms with E-state index in [0.717, 1.165) is 5.56 Å². The van der Waals surface area contributed by atoms with Crippen molar-refractivity contribution in [2.24, 2.45) is 0 Å². The van der Waals surface area contributed by atoms with E-state index in [1.54, 1.807) is 23.0 Å². The second-order valence-corrected chi connectivity index (χ2v) is 7.55. The highest BCUT2D eigenvalue weighted by Crippen LogP contribution is 2.24. The highest BCUT2D eigenvalue weighted by molar-refractivity contribution is 9.10. The van der Waals surface area contributed by atoms with E-state index in [1.165, 1.54) is 17.1 Å². The Morgan fingerprint density at radius 1 is 1.21 bits per heavy atom. The fourth-order valence-corrected chi connectivity index (χ4v) is 3.28. The maximum absolute atomic E-state index is 12.2. The lowest BCUT2D eigenvalue weighted by molar-refractivity contribution is -0.116. The third kappa shape index (κ3) is 5.12. The van der Waals surface area contributed by atoms with Crippen molar-refractivity contribution in [1.29, 1.82) is 0 Å². The van der Waals surface area contributed by atoms with Crippen molar-refractivity contribution in [3.8, 4) is 0 Å². The summed E-state index contributed by atoms with van der Waals surface area (Å²) in [5.41, 5.74) is 0.912. The van der Waals surface area contributed by atoms with E-state index in [0.29, 0.717) is 26.9 Å². The zero-order valence-corrected chi connectivity index (χ0v) is 17.4. The van der Waals surface area contributed by atoms with Crippen LogP contribution in [0.3, 0.4) is 0 Å². The number of anilines is 1. The standard InChI is InChI=1S/C17H14BrCl2N5O3/c18-13-9-25(7-10-1-2-12(19)5-14(10)20)23-16(13)22-15(26)3-4-24-8-11(6-21-24)17(27)28/h1-2,5-6,8-9H,3-4,7H2,(H,27,28)(H,22,23,26). The van der Waals surface area contributed by atoms with Crippen molar-refractivity contribution in [3.05, 3.63) is 62.4 Å². The van der Waals surface area contributed by atoms with Crippen molar-refractivity contribution >= 4 is 56.8 Å². The van der Waals surface area contributed by atoms with E-state index in [2.05, 4.69) is 31.4 Å². The van der Waals surface area contributed by atoms with Crippen LogP contribution in [-0.2, 0) is 17.9 Å². The van der Waals surface area contributed by atoms with Crippen molar-refractivity contribution in [3.63, 3.8) is 0 Å². The molecule has 3 rings (SSSR count). The molecule has 0 aliphatic carbocycles. The molecule has 0 fully saturated rings. The summed E-state index contributed by atoms with van der Waals surface area (Å²) >= 11 is 15.4. The highest BCUT2D eigenvalue weighted by atomic mass is 79.9. The number of rotatable bonds is 7. The number of nitrogens with one attached hydrogen (secondary N) is 1. The Morgan fingerprint density at radius 2 is 2.00 bits per heavy atom. The lowest BCUT2D eigenvalue weighted by Crippen LogP contribution is -2.15. The maximum atomic E-state index is 12.2. The lowest BCUT2D eigenvalue weighted by atomic mass is 10.2. The van der Waals surface area contributed by atoms with Crippen molar-refractivity contribution in [1.82, 2.24) is 19.6 Å². The van der Waals surface area contributed by atoms with Crippen LogP contribution in [0.2, 0.25) is 10.0 Å². The number of amides is 1. The molecule has 0 saturated heterocycles. The maximum Gasteiger partial charge on any atom is 0.338 e. The van der Waals surface area contributed by atoms with Crippen LogP contribution in [-0.4, -0.2) is 36.5 Å². The van der Waals surface area contributed by atoms with E-state index in [9.17, 15) is 9.59 Å². The SMILES string of the molecule is O=C(CCn1cc(C(=O)O)cn1)Nc1nn(Cc2ccc(Cl)cc2Cl)cc1Br. The number of carbonyl (C=O) groups excluding carboxylic acids is 1. The quantitative estimate of drug-likeness (QED) is 0.526. The summed E-state index contributed by atoms with van der Waals surface area (Å²) in [5.74, 6) is -0.962. The lowest BCUT2D eigenvalue weighted by Gasteiger charge is -2.05. The minimum Gasteiger partial charge on any atom is -0.478 e. The Hall–Kier alpha value is -2.36. The van der Waals surface area contributed by atoms with Gasteiger partial charge in [0.2, 0.25) is 5.91 Å². The molecule has 2 N–H and O–H groups in total. The normalized spacial score (nSPS) is 10.8. The first-order chi connectivity index (χ1) is 13.3. The second-order valence-electron chi connectivity index (χ2n) is 5.85. The minimum absolute atomic E-state index is 0.0720. The first-order valence-corrected chi connectivity index (χ1v) is 9.59.